The number of aryl methyl sites for hydroxylation is 1. The zero-order valence-corrected chi connectivity index (χ0v) is 16.2. The number of carbonyl (C=O) groups is 1. The Morgan fingerprint density at radius 1 is 1.19 bits per heavy atom. The van der Waals surface area contributed by atoms with Gasteiger partial charge in [-0.05, 0) is 43.5 Å². The van der Waals surface area contributed by atoms with Gasteiger partial charge in [-0.2, -0.15) is 0 Å². The predicted octanol–water partition coefficient (Wildman–Crippen LogP) is 3.80. The SMILES string of the molecule is CCCCCn1cnnc1SCC(=O)Nc1ccc(N2CCCC2)cc1. The van der Waals surface area contributed by atoms with Crippen molar-refractivity contribution < 1.29 is 4.79 Å². The van der Waals surface area contributed by atoms with Crippen molar-refractivity contribution in [2.75, 3.05) is 29.1 Å². The Kier molecular flexibility index (Phi) is 6.94. The van der Waals surface area contributed by atoms with Gasteiger partial charge in [-0.15, -0.1) is 10.2 Å². The van der Waals surface area contributed by atoms with Crippen LogP contribution in [0.2, 0.25) is 0 Å². The van der Waals surface area contributed by atoms with Gasteiger partial charge in [-0.25, -0.2) is 0 Å². The van der Waals surface area contributed by atoms with E-state index in [9.17, 15) is 4.79 Å². The fourth-order valence-corrected chi connectivity index (χ4v) is 3.84. The predicted molar refractivity (Wildman–Crippen MR) is 107 cm³/mol. The van der Waals surface area contributed by atoms with Crippen molar-refractivity contribution >= 4 is 29.0 Å². The molecule has 1 saturated heterocycles. The van der Waals surface area contributed by atoms with E-state index >= 15 is 0 Å². The quantitative estimate of drug-likeness (QED) is 0.535. The number of hydrogen-bond acceptors (Lipinski definition) is 5. The molecule has 1 amide bonds. The number of anilines is 2. The smallest absolute Gasteiger partial charge is 0.234 e. The summed E-state index contributed by atoms with van der Waals surface area (Å²) >= 11 is 1.43. The zero-order valence-electron chi connectivity index (χ0n) is 15.4. The summed E-state index contributed by atoms with van der Waals surface area (Å²) in [4.78, 5) is 14.6. The number of nitrogens with zero attached hydrogens (tertiary/aromatic N) is 4. The minimum Gasteiger partial charge on any atom is -0.372 e. The molecule has 1 fully saturated rings. The number of thioether (sulfide) groups is 1. The minimum absolute atomic E-state index is 0.0213. The number of aromatic nitrogens is 3. The molecule has 0 saturated carbocycles. The molecule has 2 heterocycles. The normalized spacial score (nSPS) is 14.0. The molecular formula is C19H27N5OS. The Balaban J connectivity index is 1.46. The number of unbranched alkanes of at least 4 members (excludes halogenated alkanes) is 2. The lowest BCUT2D eigenvalue weighted by molar-refractivity contribution is -0.113. The molecule has 0 spiro atoms. The molecule has 1 aliphatic heterocycles. The van der Waals surface area contributed by atoms with Gasteiger partial charge in [0.25, 0.3) is 0 Å². The fraction of sp³-hybridized carbons (Fsp3) is 0.526. The standard InChI is InChI=1S/C19H27N5OS/c1-2-3-4-13-24-15-20-22-19(24)26-14-18(25)21-16-7-9-17(10-8-16)23-11-5-6-12-23/h7-10,15H,2-6,11-14H2,1H3,(H,21,25). The summed E-state index contributed by atoms with van der Waals surface area (Å²) in [5.41, 5.74) is 2.07. The monoisotopic (exact) mass is 373 g/mol. The second kappa shape index (κ2) is 9.62. The van der Waals surface area contributed by atoms with Crippen LogP contribution in [0.1, 0.15) is 39.0 Å². The van der Waals surface area contributed by atoms with Gasteiger partial charge in [-0.1, -0.05) is 31.5 Å². The zero-order chi connectivity index (χ0) is 18.2. The molecule has 1 aliphatic rings. The summed E-state index contributed by atoms with van der Waals surface area (Å²) in [6.07, 6.45) is 7.75. The van der Waals surface area contributed by atoms with Crippen LogP contribution in [0.15, 0.2) is 35.7 Å². The Labute approximate surface area is 159 Å². The summed E-state index contributed by atoms with van der Waals surface area (Å²) in [6, 6.07) is 8.11. The molecule has 2 aromatic rings. The van der Waals surface area contributed by atoms with Crippen LogP contribution >= 0.6 is 11.8 Å². The minimum atomic E-state index is -0.0213. The molecule has 0 aliphatic carbocycles. The molecule has 7 heteroatoms. The van der Waals surface area contributed by atoms with Crippen molar-refractivity contribution in [2.45, 2.75) is 50.7 Å². The lowest BCUT2D eigenvalue weighted by atomic mass is 10.2. The second-order valence-corrected chi connectivity index (χ2v) is 7.53. The Morgan fingerprint density at radius 2 is 1.96 bits per heavy atom. The van der Waals surface area contributed by atoms with E-state index in [4.69, 9.17) is 0 Å². The molecule has 140 valence electrons. The fourth-order valence-electron chi connectivity index (χ4n) is 3.10. The summed E-state index contributed by atoms with van der Waals surface area (Å²) < 4.78 is 2.03. The van der Waals surface area contributed by atoms with Gasteiger partial charge in [0.1, 0.15) is 6.33 Å². The maximum absolute atomic E-state index is 12.2. The molecule has 1 N–H and O–H groups in total. The molecular weight excluding hydrogens is 346 g/mol. The van der Waals surface area contributed by atoms with E-state index in [1.807, 2.05) is 16.7 Å². The van der Waals surface area contributed by atoms with E-state index in [-0.39, 0.29) is 5.91 Å². The first-order valence-corrected chi connectivity index (χ1v) is 10.4. The molecule has 0 unspecified atom stereocenters. The Morgan fingerprint density at radius 3 is 2.69 bits per heavy atom. The molecule has 26 heavy (non-hydrogen) atoms. The highest BCUT2D eigenvalue weighted by atomic mass is 32.2. The molecule has 3 rings (SSSR count). The molecule has 0 radical (unpaired) electrons. The van der Waals surface area contributed by atoms with Gasteiger partial charge >= 0.3 is 0 Å². The number of amides is 1. The first-order chi connectivity index (χ1) is 12.8. The number of nitrogens with one attached hydrogen (secondary N) is 1. The van der Waals surface area contributed by atoms with E-state index in [1.165, 1.54) is 43.1 Å². The molecule has 1 aromatic heterocycles. The van der Waals surface area contributed by atoms with E-state index in [2.05, 4.69) is 39.5 Å². The van der Waals surface area contributed by atoms with Crippen LogP contribution in [0, 0.1) is 0 Å². The van der Waals surface area contributed by atoms with Gasteiger partial charge in [0.2, 0.25) is 5.91 Å². The largest absolute Gasteiger partial charge is 0.372 e. The van der Waals surface area contributed by atoms with Crippen LogP contribution in [-0.4, -0.2) is 39.5 Å². The highest BCUT2D eigenvalue weighted by Gasteiger charge is 2.12. The van der Waals surface area contributed by atoms with Gasteiger partial charge in [0.05, 0.1) is 5.75 Å². The van der Waals surface area contributed by atoms with Crippen molar-refractivity contribution in [3.05, 3.63) is 30.6 Å². The van der Waals surface area contributed by atoms with E-state index in [1.54, 1.807) is 6.33 Å². The highest BCUT2D eigenvalue weighted by molar-refractivity contribution is 7.99. The Hall–Kier alpha value is -2.02. The van der Waals surface area contributed by atoms with Gasteiger partial charge < -0.3 is 14.8 Å². The summed E-state index contributed by atoms with van der Waals surface area (Å²) in [6.45, 7) is 5.34. The average Bonchev–Trinajstić information content (AvgIpc) is 3.33. The second-order valence-electron chi connectivity index (χ2n) is 6.59. The maximum Gasteiger partial charge on any atom is 0.234 e. The molecule has 0 bridgehead atoms. The molecule has 6 nitrogen and oxygen atoms in total. The average molecular weight is 374 g/mol. The maximum atomic E-state index is 12.2. The van der Waals surface area contributed by atoms with Crippen molar-refractivity contribution in [1.29, 1.82) is 0 Å². The van der Waals surface area contributed by atoms with Crippen LogP contribution in [0.25, 0.3) is 0 Å². The van der Waals surface area contributed by atoms with Crippen molar-refractivity contribution in [2.24, 2.45) is 0 Å². The topological polar surface area (TPSA) is 63.1 Å². The van der Waals surface area contributed by atoms with Gasteiger partial charge in [0, 0.05) is 31.0 Å². The van der Waals surface area contributed by atoms with Gasteiger partial charge in [0.15, 0.2) is 5.16 Å². The van der Waals surface area contributed by atoms with Crippen molar-refractivity contribution in [1.82, 2.24) is 14.8 Å². The third-order valence-electron chi connectivity index (χ3n) is 4.54. The van der Waals surface area contributed by atoms with Crippen LogP contribution < -0.4 is 10.2 Å². The van der Waals surface area contributed by atoms with Gasteiger partial charge in [-0.3, -0.25) is 4.79 Å². The van der Waals surface area contributed by atoms with E-state index in [0.717, 1.165) is 36.9 Å². The van der Waals surface area contributed by atoms with Crippen LogP contribution in [0.4, 0.5) is 11.4 Å². The number of benzene rings is 1. The lowest BCUT2D eigenvalue weighted by Gasteiger charge is -2.17. The van der Waals surface area contributed by atoms with E-state index in [0.29, 0.717) is 5.75 Å². The lowest BCUT2D eigenvalue weighted by Crippen LogP contribution is -2.18. The summed E-state index contributed by atoms with van der Waals surface area (Å²) in [5.74, 6) is 0.312. The number of hydrogen-bond donors (Lipinski definition) is 1. The van der Waals surface area contributed by atoms with Crippen LogP contribution in [-0.2, 0) is 11.3 Å². The van der Waals surface area contributed by atoms with Crippen molar-refractivity contribution in [3.63, 3.8) is 0 Å². The first kappa shape index (κ1) is 18.8. The third kappa shape index (κ3) is 5.24. The number of rotatable bonds is 9. The molecule has 1 aromatic carbocycles. The highest BCUT2D eigenvalue weighted by Crippen LogP contribution is 2.22. The Bertz CT molecular complexity index is 694. The summed E-state index contributed by atoms with van der Waals surface area (Å²) in [7, 11) is 0. The van der Waals surface area contributed by atoms with Crippen LogP contribution in [0.5, 0.6) is 0 Å². The first-order valence-electron chi connectivity index (χ1n) is 9.41. The number of carbonyl (C=O) groups excluding carboxylic acids is 1. The third-order valence-corrected chi connectivity index (χ3v) is 5.52. The summed E-state index contributed by atoms with van der Waals surface area (Å²) in [5, 5.41) is 11.9. The van der Waals surface area contributed by atoms with Crippen molar-refractivity contribution in [3.8, 4) is 0 Å². The van der Waals surface area contributed by atoms with E-state index < -0.39 is 0 Å². The van der Waals surface area contributed by atoms with Crippen LogP contribution in [0.3, 0.4) is 0 Å². The molecule has 0 atom stereocenters.